The van der Waals surface area contributed by atoms with Gasteiger partial charge in [0, 0.05) is 23.3 Å². The Bertz CT molecular complexity index is 1150. The minimum absolute atomic E-state index is 0.106. The van der Waals surface area contributed by atoms with Crippen molar-refractivity contribution in [3.05, 3.63) is 58.2 Å². The Morgan fingerprint density at radius 1 is 1.20 bits per heavy atom. The number of benzene rings is 1. The molecule has 0 atom stereocenters. The van der Waals surface area contributed by atoms with Crippen LogP contribution in [0, 0.1) is 5.92 Å². The van der Waals surface area contributed by atoms with Crippen molar-refractivity contribution >= 4 is 28.3 Å². The molecule has 0 unspecified atom stereocenters. The van der Waals surface area contributed by atoms with Crippen LogP contribution in [-0.4, -0.2) is 24.1 Å². The summed E-state index contributed by atoms with van der Waals surface area (Å²) in [6.07, 6.45) is 3.20. The van der Waals surface area contributed by atoms with E-state index in [4.69, 9.17) is 11.6 Å². The monoisotopic (exact) mass is 353 g/mol. The number of fused-ring (bicyclic) bond motifs is 2. The molecular weight excluding hydrogens is 338 g/mol. The first-order valence-corrected chi connectivity index (χ1v) is 8.42. The second-order valence-corrected chi connectivity index (χ2v) is 6.75. The molecular formula is C18H16ClN5O. The van der Waals surface area contributed by atoms with E-state index < -0.39 is 0 Å². The van der Waals surface area contributed by atoms with E-state index in [9.17, 15) is 4.79 Å². The van der Waals surface area contributed by atoms with Gasteiger partial charge >= 0.3 is 0 Å². The Balaban J connectivity index is 2.17. The van der Waals surface area contributed by atoms with Crippen LogP contribution in [0.4, 0.5) is 0 Å². The lowest BCUT2D eigenvalue weighted by molar-refractivity contribution is 0.513. The van der Waals surface area contributed by atoms with Crippen molar-refractivity contribution in [3.63, 3.8) is 0 Å². The third kappa shape index (κ3) is 2.59. The van der Waals surface area contributed by atoms with Crippen molar-refractivity contribution in [1.29, 1.82) is 0 Å². The van der Waals surface area contributed by atoms with Gasteiger partial charge in [0.05, 0.1) is 16.6 Å². The van der Waals surface area contributed by atoms with E-state index in [0.717, 1.165) is 5.56 Å². The van der Waals surface area contributed by atoms with Crippen molar-refractivity contribution in [2.24, 2.45) is 5.92 Å². The zero-order chi connectivity index (χ0) is 17.6. The number of hydrogen-bond acceptors (Lipinski definition) is 4. The summed E-state index contributed by atoms with van der Waals surface area (Å²) in [6.45, 7) is 4.78. The average Bonchev–Trinajstić information content (AvgIpc) is 3.04. The molecule has 4 rings (SSSR count). The smallest absolute Gasteiger partial charge is 0.262 e. The Labute approximate surface area is 148 Å². The lowest BCUT2D eigenvalue weighted by Crippen LogP contribution is -2.23. The fourth-order valence-electron chi connectivity index (χ4n) is 3.00. The molecule has 0 amide bonds. The summed E-state index contributed by atoms with van der Waals surface area (Å²) < 4.78 is 3.28. The average molecular weight is 354 g/mol. The molecule has 0 aliphatic carbocycles. The predicted molar refractivity (Wildman–Crippen MR) is 97.8 cm³/mol. The molecule has 1 aromatic carbocycles. The van der Waals surface area contributed by atoms with Crippen molar-refractivity contribution in [3.8, 4) is 11.3 Å². The maximum Gasteiger partial charge on any atom is 0.262 e. The normalized spacial score (nSPS) is 11.7. The van der Waals surface area contributed by atoms with Crippen molar-refractivity contribution in [2.45, 2.75) is 20.4 Å². The van der Waals surface area contributed by atoms with Gasteiger partial charge in [-0.2, -0.15) is 14.6 Å². The highest BCUT2D eigenvalue weighted by Crippen LogP contribution is 2.31. The molecule has 0 aliphatic heterocycles. The van der Waals surface area contributed by atoms with Crippen LogP contribution in [0.5, 0.6) is 0 Å². The summed E-state index contributed by atoms with van der Waals surface area (Å²) in [4.78, 5) is 21.8. The molecule has 4 aromatic rings. The number of rotatable bonds is 3. The first kappa shape index (κ1) is 15.8. The van der Waals surface area contributed by atoms with Crippen LogP contribution in [0.15, 0.2) is 47.7 Å². The minimum atomic E-state index is -0.106. The van der Waals surface area contributed by atoms with E-state index in [2.05, 4.69) is 28.9 Å². The third-order valence-electron chi connectivity index (χ3n) is 4.03. The summed E-state index contributed by atoms with van der Waals surface area (Å²) >= 11 is 6.41. The van der Waals surface area contributed by atoms with Crippen molar-refractivity contribution < 1.29 is 0 Å². The molecule has 3 heterocycles. The van der Waals surface area contributed by atoms with E-state index in [-0.39, 0.29) is 5.56 Å². The molecule has 0 bridgehead atoms. The second-order valence-electron chi connectivity index (χ2n) is 6.34. The lowest BCUT2D eigenvalue weighted by atomic mass is 10.1. The van der Waals surface area contributed by atoms with Crippen LogP contribution in [0.2, 0.25) is 5.02 Å². The SMILES string of the molecule is CC(C)Cn1ccc2nc3ncnn3c(-c3ccccc3Cl)c2c1=O. The van der Waals surface area contributed by atoms with Gasteiger partial charge in [0.15, 0.2) is 0 Å². The summed E-state index contributed by atoms with van der Waals surface area (Å²) in [5.41, 5.74) is 1.82. The van der Waals surface area contributed by atoms with Crippen LogP contribution in [0.1, 0.15) is 13.8 Å². The summed E-state index contributed by atoms with van der Waals surface area (Å²) in [6, 6.07) is 9.24. The van der Waals surface area contributed by atoms with Crippen molar-refractivity contribution in [1.82, 2.24) is 24.1 Å². The fourth-order valence-corrected chi connectivity index (χ4v) is 3.23. The summed E-state index contributed by atoms with van der Waals surface area (Å²) in [7, 11) is 0. The molecule has 0 fully saturated rings. The van der Waals surface area contributed by atoms with E-state index in [1.165, 1.54) is 6.33 Å². The predicted octanol–water partition coefficient (Wildman–Crippen LogP) is 3.42. The van der Waals surface area contributed by atoms with Crippen molar-refractivity contribution in [2.75, 3.05) is 0 Å². The van der Waals surface area contributed by atoms with Gasteiger partial charge in [0.25, 0.3) is 11.3 Å². The van der Waals surface area contributed by atoms with Gasteiger partial charge in [0.2, 0.25) is 0 Å². The standard InChI is InChI=1S/C18H16ClN5O/c1-11(2)9-23-8-7-14-15(17(23)25)16(12-5-3-4-6-13(12)19)24-18(22-14)20-10-21-24/h3-8,10-11H,9H2,1-2H3. The largest absolute Gasteiger partial charge is 0.315 e. The van der Waals surface area contributed by atoms with Crippen LogP contribution >= 0.6 is 11.6 Å². The maximum absolute atomic E-state index is 13.2. The highest BCUT2D eigenvalue weighted by molar-refractivity contribution is 6.33. The number of nitrogens with zero attached hydrogens (tertiary/aromatic N) is 5. The van der Waals surface area contributed by atoms with Gasteiger partial charge in [-0.15, -0.1) is 0 Å². The number of aromatic nitrogens is 5. The highest BCUT2D eigenvalue weighted by atomic mass is 35.5. The fraction of sp³-hybridized carbons (Fsp3) is 0.222. The molecule has 126 valence electrons. The Kier molecular flexibility index (Phi) is 3.77. The number of hydrogen-bond donors (Lipinski definition) is 0. The molecule has 0 spiro atoms. The molecule has 0 saturated heterocycles. The minimum Gasteiger partial charge on any atom is -0.315 e. The van der Waals surface area contributed by atoms with Gasteiger partial charge < -0.3 is 4.57 Å². The number of pyridine rings is 1. The maximum atomic E-state index is 13.2. The van der Waals surface area contributed by atoms with E-state index in [1.54, 1.807) is 21.3 Å². The van der Waals surface area contributed by atoms with Gasteiger partial charge in [-0.05, 0) is 18.1 Å². The zero-order valence-electron chi connectivity index (χ0n) is 13.8. The lowest BCUT2D eigenvalue weighted by Gasteiger charge is -2.13. The number of halogens is 1. The van der Waals surface area contributed by atoms with Crippen LogP contribution in [0.25, 0.3) is 27.9 Å². The van der Waals surface area contributed by atoms with Crippen LogP contribution < -0.4 is 5.56 Å². The first-order chi connectivity index (χ1) is 12.1. The zero-order valence-corrected chi connectivity index (χ0v) is 14.6. The quantitative estimate of drug-likeness (QED) is 0.566. The van der Waals surface area contributed by atoms with Gasteiger partial charge in [-0.25, -0.2) is 4.98 Å². The Morgan fingerprint density at radius 3 is 2.76 bits per heavy atom. The third-order valence-corrected chi connectivity index (χ3v) is 4.36. The molecule has 0 aliphatic rings. The molecule has 25 heavy (non-hydrogen) atoms. The summed E-state index contributed by atoms with van der Waals surface area (Å²) in [5.74, 6) is 0.783. The second kappa shape index (κ2) is 5.97. The van der Waals surface area contributed by atoms with Gasteiger partial charge in [0.1, 0.15) is 6.33 Å². The van der Waals surface area contributed by atoms with Crippen LogP contribution in [0.3, 0.4) is 0 Å². The van der Waals surface area contributed by atoms with Crippen LogP contribution in [-0.2, 0) is 6.54 Å². The molecule has 7 heteroatoms. The molecule has 0 saturated carbocycles. The van der Waals surface area contributed by atoms with Gasteiger partial charge in [-0.3, -0.25) is 4.79 Å². The topological polar surface area (TPSA) is 65.1 Å². The molecule has 0 N–H and O–H groups in total. The highest BCUT2D eigenvalue weighted by Gasteiger charge is 2.18. The summed E-state index contributed by atoms with van der Waals surface area (Å²) in [5, 5.41) is 5.30. The molecule has 0 radical (unpaired) electrons. The van der Waals surface area contributed by atoms with E-state index >= 15 is 0 Å². The van der Waals surface area contributed by atoms with Gasteiger partial charge in [-0.1, -0.05) is 43.6 Å². The first-order valence-electron chi connectivity index (χ1n) is 8.04. The van der Waals surface area contributed by atoms with E-state index in [0.29, 0.717) is 39.9 Å². The Hall–Kier alpha value is -2.73. The molecule has 3 aromatic heterocycles. The Morgan fingerprint density at radius 2 is 2.00 bits per heavy atom. The molecule has 6 nitrogen and oxygen atoms in total. The van der Waals surface area contributed by atoms with E-state index in [1.807, 2.05) is 24.3 Å².